The number of rotatable bonds is 5. The second-order valence-electron chi connectivity index (χ2n) is 7.88. The number of carbonyl (C=O) groups excluding carboxylic acids is 3. The standard InChI is InChI=1S/C25H25N3O3S/c1-16-21(25(31)28-12-10-23-20(15-28)11-13-32-23)4-3-5-22(16)27-24(30)19-8-6-18(7-9-19)14-26-17(2)29/h3-9,11,13H,10,12,14-15H2,1-2H3,(H,26,29)(H,27,30). The highest BCUT2D eigenvalue weighted by Gasteiger charge is 2.24. The van der Waals surface area contributed by atoms with Gasteiger partial charge in [-0.25, -0.2) is 0 Å². The van der Waals surface area contributed by atoms with Gasteiger partial charge in [-0.2, -0.15) is 0 Å². The molecule has 32 heavy (non-hydrogen) atoms. The van der Waals surface area contributed by atoms with Gasteiger partial charge in [0.05, 0.1) is 0 Å². The molecular formula is C25H25N3O3S. The molecule has 6 nitrogen and oxygen atoms in total. The van der Waals surface area contributed by atoms with E-state index in [1.165, 1.54) is 17.4 Å². The van der Waals surface area contributed by atoms with Crippen LogP contribution in [-0.4, -0.2) is 29.2 Å². The van der Waals surface area contributed by atoms with Crippen LogP contribution in [0.2, 0.25) is 0 Å². The molecule has 1 aromatic heterocycles. The van der Waals surface area contributed by atoms with Crippen molar-refractivity contribution in [1.82, 2.24) is 10.2 Å². The van der Waals surface area contributed by atoms with Gasteiger partial charge in [0.15, 0.2) is 0 Å². The first-order chi connectivity index (χ1) is 15.4. The monoisotopic (exact) mass is 447 g/mol. The predicted molar refractivity (Wildman–Crippen MR) is 126 cm³/mol. The van der Waals surface area contributed by atoms with Crippen molar-refractivity contribution in [3.8, 4) is 0 Å². The predicted octanol–water partition coefficient (Wildman–Crippen LogP) is 4.14. The van der Waals surface area contributed by atoms with E-state index in [4.69, 9.17) is 0 Å². The van der Waals surface area contributed by atoms with Crippen molar-refractivity contribution in [1.29, 1.82) is 0 Å². The highest BCUT2D eigenvalue weighted by atomic mass is 32.1. The lowest BCUT2D eigenvalue weighted by Crippen LogP contribution is -2.35. The Morgan fingerprint density at radius 3 is 2.59 bits per heavy atom. The van der Waals surface area contributed by atoms with E-state index in [0.29, 0.717) is 36.4 Å². The Morgan fingerprint density at radius 1 is 1.06 bits per heavy atom. The zero-order valence-corrected chi connectivity index (χ0v) is 18.9. The van der Waals surface area contributed by atoms with E-state index in [1.54, 1.807) is 29.5 Å². The Morgan fingerprint density at radius 2 is 1.84 bits per heavy atom. The summed E-state index contributed by atoms with van der Waals surface area (Å²) in [4.78, 5) is 40.2. The average Bonchev–Trinajstić information content (AvgIpc) is 3.27. The lowest BCUT2D eigenvalue weighted by Gasteiger charge is -2.28. The summed E-state index contributed by atoms with van der Waals surface area (Å²) < 4.78 is 0. The molecule has 0 radical (unpaired) electrons. The van der Waals surface area contributed by atoms with Gasteiger partial charge in [-0.1, -0.05) is 18.2 Å². The molecule has 0 saturated heterocycles. The van der Waals surface area contributed by atoms with Crippen molar-refractivity contribution in [3.05, 3.63) is 86.6 Å². The van der Waals surface area contributed by atoms with Gasteiger partial charge in [0, 0.05) is 48.2 Å². The quantitative estimate of drug-likeness (QED) is 0.617. The number of amides is 3. The van der Waals surface area contributed by atoms with E-state index < -0.39 is 0 Å². The van der Waals surface area contributed by atoms with Gasteiger partial charge in [-0.05, 0) is 65.7 Å². The second-order valence-corrected chi connectivity index (χ2v) is 8.89. The van der Waals surface area contributed by atoms with Crippen LogP contribution >= 0.6 is 11.3 Å². The highest BCUT2D eigenvalue weighted by molar-refractivity contribution is 7.10. The van der Waals surface area contributed by atoms with Crippen LogP contribution < -0.4 is 10.6 Å². The lowest BCUT2D eigenvalue weighted by atomic mass is 10.0. The number of carbonyl (C=O) groups is 3. The van der Waals surface area contributed by atoms with Crippen LogP contribution in [0, 0.1) is 6.92 Å². The first-order valence-corrected chi connectivity index (χ1v) is 11.4. The minimum atomic E-state index is -0.246. The molecule has 1 aliphatic rings. The number of nitrogens with zero attached hydrogens (tertiary/aromatic N) is 1. The maximum atomic E-state index is 13.2. The number of thiophene rings is 1. The Labute approximate surface area is 191 Å². The number of hydrogen-bond donors (Lipinski definition) is 2. The molecule has 0 spiro atoms. The number of benzene rings is 2. The fraction of sp³-hybridized carbons (Fsp3) is 0.240. The first kappa shape index (κ1) is 21.8. The summed E-state index contributed by atoms with van der Waals surface area (Å²) in [5.74, 6) is -0.362. The van der Waals surface area contributed by atoms with Crippen LogP contribution in [0.1, 0.15) is 49.2 Å². The third-order valence-corrected chi connectivity index (χ3v) is 6.69. The van der Waals surface area contributed by atoms with Gasteiger partial charge in [-0.15, -0.1) is 11.3 Å². The van der Waals surface area contributed by atoms with E-state index in [1.807, 2.05) is 36.1 Å². The normalized spacial score (nSPS) is 12.8. The minimum Gasteiger partial charge on any atom is -0.352 e. The molecular weight excluding hydrogens is 422 g/mol. The van der Waals surface area contributed by atoms with Crippen molar-refractivity contribution < 1.29 is 14.4 Å². The SMILES string of the molecule is CC(=O)NCc1ccc(C(=O)Nc2cccc(C(=O)N3CCc4sccc4C3)c2C)cc1. The van der Waals surface area contributed by atoms with Crippen molar-refractivity contribution in [2.45, 2.75) is 33.4 Å². The summed E-state index contributed by atoms with van der Waals surface area (Å²) in [5.41, 5.74) is 4.62. The topological polar surface area (TPSA) is 78.5 Å². The summed E-state index contributed by atoms with van der Waals surface area (Å²) in [5, 5.41) is 7.73. The molecule has 0 saturated carbocycles. The van der Waals surface area contributed by atoms with Gasteiger partial charge in [0.25, 0.3) is 11.8 Å². The Bertz CT molecular complexity index is 1170. The largest absolute Gasteiger partial charge is 0.352 e. The second kappa shape index (κ2) is 9.36. The van der Waals surface area contributed by atoms with E-state index >= 15 is 0 Å². The number of anilines is 1. The fourth-order valence-electron chi connectivity index (χ4n) is 3.79. The van der Waals surface area contributed by atoms with Crippen molar-refractivity contribution >= 4 is 34.7 Å². The molecule has 0 unspecified atom stereocenters. The molecule has 164 valence electrons. The molecule has 2 heterocycles. The van der Waals surface area contributed by atoms with E-state index in [0.717, 1.165) is 17.5 Å². The maximum absolute atomic E-state index is 13.2. The minimum absolute atomic E-state index is 0.0160. The van der Waals surface area contributed by atoms with E-state index in [2.05, 4.69) is 22.1 Å². The van der Waals surface area contributed by atoms with Crippen LogP contribution in [0.4, 0.5) is 5.69 Å². The third kappa shape index (κ3) is 4.73. The van der Waals surface area contributed by atoms with Crippen molar-refractivity contribution in [2.24, 2.45) is 0 Å². The zero-order chi connectivity index (χ0) is 22.7. The molecule has 4 rings (SSSR count). The van der Waals surface area contributed by atoms with Crippen LogP contribution in [0.5, 0.6) is 0 Å². The summed E-state index contributed by atoms with van der Waals surface area (Å²) in [7, 11) is 0. The molecule has 0 fully saturated rings. The van der Waals surface area contributed by atoms with Gasteiger partial charge in [0.2, 0.25) is 5.91 Å². The summed E-state index contributed by atoms with van der Waals surface area (Å²) in [6, 6.07) is 14.6. The Hall–Kier alpha value is -3.45. The van der Waals surface area contributed by atoms with Gasteiger partial charge < -0.3 is 15.5 Å². The summed E-state index contributed by atoms with van der Waals surface area (Å²) >= 11 is 1.75. The lowest BCUT2D eigenvalue weighted by molar-refractivity contribution is -0.119. The van der Waals surface area contributed by atoms with Gasteiger partial charge >= 0.3 is 0 Å². The zero-order valence-electron chi connectivity index (χ0n) is 18.1. The first-order valence-electron chi connectivity index (χ1n) is 10.5. The van der Waals surface area contributed by atoms with Crippen LogP contribution in [0.15, 0.2) is 53.9 Å². The van der Waals surface area contributed by atoms with Gasteiger partial charge in [-0.3, -0.25) is 14.4 Å². The molecule has 0 bridgehead atoms. The van der Waals surface area contributed by atoms with E-state index in [9.17, 15) is 14.4 Å². The Kier molecular flexibility index (Phi) is 6.37. The van der Waals surface area contributed by atoms with Crippen molar-refractivity contribution in [2.75, 3.05) is 11.9 Å². The van der Waals surface area contributed by atoms with Crippen LogP contribution in [0.25, 0.3) is 0 Å². The molecule has 7 heteroatoms. The molecule has 3 amide bonds. The fourth-order valence-corrected chi connectivity index (χ4v) is 4.68. The number of fused-ring (bicyclic) bond motifs is 1. The molecule has 3 aromatic rings. The molecule has 0 aliphatic carbocycles. The molecule has 2 aromatic carbocycles. The van der Waals surface area contributed by atoms with Crippen LogP contribution in [-0.2, 0) is 24.3 Å². The molecule has 2 N–H and O–H groups in total. The summed E-state index contributed by atoms with van der Waals surface area (Å²) in [6.45, 7) is 5.07. The van der Waals surface area contributed by atoms with E-state index in [-0.39, 0.29) is 17.7 Å². The molecule has 1 aliphatic heterocycles. The van der Waals surface area contributed by atoms with Gasteiger partial charge in [0.1, 0.15) is 0 Å². The highest BCUT2D eigenvalue weighted by Crippen LogP contribution is 2.27. The third-order valence-electron chi connectivity index (χ3n) is 5.66. The summed E-state index contributed by atoms with van der Waals surface area (Å²) in [6.07, 6.45) is 0.881. The number of hydrogen-bond acceptors (Lipinski definition) is 4. The molecule has 0 atom stereocenters. The Balaban J connectivity index is 1.46. The smallest absolute Gasteiger partial charge is 0.255 e. The number of nitrogens with one attached hydrogen (secondary N) is 2. The average molecular weight is 448 g/mol. The van der Waals surface area contributed by atoms with Crippen LogP contribution in [0.3, 0.4) is 0 Å². The maximum Gasteiger partial charge on any atom is 0.255 e. The van der Waals surface area contributed by atoms with Crippen molar-refractivity contribution in [3.63, 3.8) is 0 Å².